The van der Waals surface area contributed by atoms with E-state index in [2.05, 4.69) is 24.3 Å². The van der Waals surface area contributed by atoms with Crippen molar-refractivity contribution < 1.29 is 9.84 Å². The van der Waals surface area contributed by atoms with Crippen molar-refractivity contribution in [2.45, 2.75) is 38.6 Å². The van der Waals surface area contributed by atoms with Crippen LogP contribution in [0.25, 0.3) is 10.8 Å². The molecule has 3 N–H and O–H groups in total. The molecule has 0 amide bonds. The normalized spacial score (nSPS) is 12.5. The van der Waals surface area contributed by atoms with E-state index < -0.39 is 0 Å². The largest absolute Gasteiger partial charge is 0.493 e. The van der Waals surface area contributed by atoms with Gasteiger partial charge in [0.15, 0.2) is 0 Å². The van der Waals surface area contributed by atoms with Crippen LogP contribution in [-0.4, -0.2) is 18.3 Å². The highest BCUT2D eigenvalue weighted by atomic mass is 16.5. The lowest BCUT2D eigenvalue weighted by Crippen LogP contribution is -2.09. The fourth-order valence-corrected chi connectivity index (χ4v) is 2.52. The van der Waals surface area contributed by atoms with Crippen LogP contribution in [0.15, 0.2) is 36.4 Å². The van der Waals surface area contributed by atoms with E-state index >= 15 is 0 Å². The number of ether oxygens (including phenoxy) is 1. The summed E-state index contributed by atoms with van der Waals surface area (Å²) >= 11 is 0. The number of benzene rings is 2. The summed E-state index contributed by atoms with van der Waals surface area (Å²) in [7, 11) is 0. The Bertz CT molecular complexity index is 566. The first-order valence-corrected chi connectivity index (χ1v) is 7.75. The van der Waals surface area contributed by atoms with Crippen molar-refractivity contribution in [2.75, 3.05) is 13.2 Å². The number of fused-ring (bicyclic) bond motifs is 1. The molecule has 0 unspecified atom stereocenters. The molecule has 0 aromatic heterocycles. The molecule has 2 aromatic carbocycles. The molecule has 0 aliphatic carbocycles. The van der Waals surface area contributed by atoms with Gasteiger partial charge in [-0.15, -0.1) is 0 Å². The minimum Gasteiger partial charge on any atom is -0.493 e. The lowest BCUT2D eigenvalue weighted by molar-refractivity contribution is 0.273. The molecule has 2 rings (SSSR count). The first-order chi connectivity index (χ1) is 10.2. The summed E-state index contributed by atoms with van der Waals surface area (Å²) in [5.74, 6) is 0.922. The maximum absolute atomic E-state index is 8.77. The molecule has 0 spiro atoms. The van der Waals surface area contributed by atoms with Gasteiger partial charge >= 0.3 is 0 Å². The third kappa shape index (κ3) is 4.19. The van der Waals surface area contributed by atoms with Crippen molar-refractivity contribution in [1.29, 1.82) is 0 Å². The van der Waals surface area contributed by atoms with Crippen molar-refractivity contribution in [1.82, 2.24) is 0 Å². The molecular formula is C18H25NO2. The molecule has 0 fully saturated rings. The molecule has 3 heteroatoms. The van der Waals surface area contributed by atoms with E-state index in [0.29, 0.717) is 6.61 Å². The molecule has 0 saturated heterocycles. The first-order valence-electron chi connectivity index (χ1n) is 7.75. The Labute approximate surface area is 126 Å². The van der Waals surface area contributed by atoms with Crippen molar-refractivity contribution in [3.05, 3.63) is 42.0 Å². The van der Waals surface area contributed by atoms with E-state index in [-0.39, 0.29) is 12.6 Å². The third-order valence-electron chi connectivity index (χ3n) is 3.70. The Hall–Kier alpha value is -1.58. The average molecular weight is 287 g/mol. The van der Waals surface area contributed by atoms with Gasteiger partial charge in [-0.25, -0.2) is 0 Å². The van der Waals surface area contributed by atoms with Crippen LogP contribution in [-0.2, 0) is 0 Å². The fourth-order valence-electron chi connectivity index (χ4n) is 2.52. The molecule has 114 valence electrons. The molecule has 0 aliphatic rings. The molecule has 3 nitrogen and oxygen atoms in total. The van der Waals surface area contributed by atoms with Crippen LogP contribution in [0.1, 0.15) is 44.2 Å². The second kappa shape index (κ2) is 8.01. The topological polar surface area (TPSA) is 55.5 Å². The van der Waals surface area contributed by atoms with Crippen LogP contribution in [0.5, 0.6) is 5.75 Å². The van der Waals surface area contributed by atoms with E-state index in [4.69, 9.17) is 15.6 Å². The van der Waals surface area contributed by atoms with E-state index in [1.54, 1.807) is 0 Å². The maximum Gasteiger partial charge on any atom is 0.131 e. The Kier molecular flexibility index (Phi) is 6.03. The zero-order valence-corrected chi connectivity index (χ0v) is 12.7. The number of unbranched alkanes of at least 4 members (excludes halogenated alkanes) is 3. The summed E-state index contributed by atoms with van der Waals surface area (Å²) in [5, 5.41) is 11.1. The lowest BCUT2D eigenvalue weighted by atomic mass is 10.0. The van der Waals surface area contributed by atoms with Crippen LogP contribution in [0, 0.1) is 0 Å². The van der Waals surface area contributed by atoms with Crippen molar-refractivity contribution in [3.63, 3.8) is 0 Å². The van der Waals surface area contributed by atoms with Crippen molar-refractivity contribution >= 4 is 10.8 Å². The van der Waals surface area contributed by atoms with Crippen LogP contribution < -0.4 is 10.5 Å². The highest BCUT2D eigenvalue weighted by Gasteiger charge is 2.11. The van der Waals surface area contributed by atoms with Crippen molar-refractivity contribution in [2.24, 2.45) is 5.73 Å². The highest BCUT2D eigenvalue weighted by molar-refractivity contribution is 5.89. The van der Waals surface area contributed by atoms with Gasteiger partial charge in [-0.1, -0.05) is 42.8 Å². The summed E-state index contributed by atoms with van der Waals surface area (Å²) in [6, 6.07) is 12.4. The predicted molar refractivity (Wildman–Crippen MR) is 87.6 cm³/mol. The number of rotatable bonds is 8. The van der Waals surface area contributed by atoms with Gasteiger partial charge in [0.1, 0.15) is 5.75 Å². The van der Waals surface area contributed by atoms with Gasteiger partial charge in [0.05, 0.1) is 6.61 Å². The predicted octanol–water partition coefficient (Wildman–Crippen LogP) is 3.79. The Morgan fingerprint density at radius 3 is 2.57 bits per heavy atom. The third-order valence-corrected chi connectivity index (χ3v) is 3.70. The van der Waals surface area contributed by atoms with E-state index in [9.17, 15) is 0 Å². The van der Waals surface area contributed by atoms with Gasteiger partial charge in [0.25, 0.3) is 0 Å². The van der Waals surface area contributed by atoms with Gasteiger partial charge < -0.3 is 15.6 Å². The summed E-state index contributed by atoms with van der Waals surface area (Å²) in [4.78, 5) is 0. The van der Waals surface area contributed by atoms with Crippen LogP contribution in [0.2, 0.25) is 0 Å². The van der Waals surface area contributed by atoms with Crippen LogP contribution in [0.3, 0.4) is 0 Å². The molecule has 21 heavy (non-hydrogen) atoms. The molecular weight excluding hydrogens is 262 g/mol. The number of aliphatic hydroxyl groups excluding tert-OH is 1. The number of aliphatic hydroxyl groups is 1. The van der Waals surface area contributed by atoms with Gasteiger partial charge in [0, 0.05) is 23.6 Å². The first kappa shape index (κ1) is 15.8. The minimum atomic E-state index is -0.0426. The zero-order valence-electron chi connectivity index (χ0n) is 12.7. The summed E-state index contributed by atoms with van der Waals surface area (Å²) in [6.45, 7) is 2.95. The molecule has 0 aliphatic heterocycles. The van der Waals surface area contributed by atoms with Crippen molar-refractivity contribution in [3.8, 4) is 5.75 Å². The summed E-state index contributed by atoms with van der Waals surface area (Å²) < 4.78 is 6.05. The van der Waals surface area contributed by atoms with Gasteiger partial charge in [-0.05, 0) is 31.6 Å². The van der Waals surface area contributed by atoms with Crippen LogP contribution >= 0.6 is 0 Å². The van der Waals surface area contributed by atoms with Gasteiger partial charge in [-0.3, -0.25) is 0 Å². The minimum absolute atomic E-state index is 0.0426. The zero-order chi connectivity index (χ0) is 15.1. The quantitative estimate of drug-likeness (QED) is 0.726. The highest BCUT2D eigenvalue weighted by Crippen LogP contribution is 2.33. The summed E-state index contributed by atoms with van der Waals surface area (Å²) in [6.07, 6.45) is 4.01. The average Bonchev–Trinajstić information content (AvgIpc) is 2.50. The molecule has 2 aromatic rings. The molecule has 1 atom stereocenters. The Balaban J connectivity index is 2.10. The number of hydrogen-bond donors (Lipinski definition) is 2. The lowest BCUT2D eigenvalue weighted by Gasteiger charge is -2.16. The fraction of sp³-hybridized carbons (Fsp3) is 0.444. The SMILES string of the molecule is C[C@@H](N)c1ccc2ccccc2c1OCCCCCCO. The molecule has 0 saturated carbocycles. The second-order valence-corrected chi connectivity index (χ2v) is 5.48. The molecule has 0 heterocycles. The monoisotopic (exact) mass is 287 g/mol. The van der Waals surface area contributed by atoms with Crippen LogP contribution in [0.4, 0.5) is 0 Å². The Morgan fingerprint density at radius 1 is 1.05 bits per heavy atom. The van der Waals surface area contributed by atoms with E-state index in [1.807, 2.05) is 19.1 Å². The maximum atomic E-state index is 8.77. The summed E-state index contributed by atoms with van der Waals surface area (Å²) in [5.41, 5.74) is 7.13. The van der Waals surface area contributed by atoms with E-state index in [1.165, 1.54) is 5.39 Å². The van der Waals surface area contributed by atoms with E-state index in [0.717, 1.165) is 42.4 Å². The molecule has 0 radical (unpaired) electrons. The Morgan fingerprint density at radius 2 is 1.81 bits per heavy atom. The molecule has 0 bridgehead atoms. The number of hydrogen-bond acceptors (Lipinski definition) is 3. The smallest absolute Gasteiger partial charge is 0.131 e. The van der Waals surface area contributed by atoms with Gasteiger partial charge in [-0.2, -0.15) is 0 Å². The second-order valence-electron chi connectivity index (χ2n) is 5.48. The number of nitrogens with two attached hydrogens (primary N) is 1. The van der Waals surface area contributed by atoms with Gasteiger partial charge in [0.2, 0.25) is 0 Å². The standard InChI is InChI=1S/C18H25NO2/c1-14(19)16-11-10-15-8-4-5-9-17(15)18(16)21-13-7-3-2-6-12-20/h4-5,8-11,14,20H,2-3,6-7,12-13,19H2,1H3/t14-/m1/s1.